The van der Waals surface area contributed by atoms with Crippen LogP contribution >= 0.6 is 39.3 Å². The summed E-state index contributed by atoms with van der Waals surface area (Å²) in [6.07, 6.45) is 0. The first-order chi connectivity index (χ1) is 14.0. The van der Waals surface area contributed by atoms with Crippen LogP contribution in [0, 0.1) is 0 Å². The highest BCUT2D eigenvalue weighted by Crippen LogP contribution is 2.26. The minimum Gasteiger partial charge on any atom is -0.497 e. The number of thioether (sulfide) groups is 1. The molecule has 0 bridgehead atoms. The molecule has 0 unspecified atom stereocenters. The van der Waals surface area contributed by atoms with E-state index in [1.807, 2.05) is 31.3 Å². The summed E-state index contributed by atoms with van der Waals surface area (Å²) in [7, 11) is 3.45. The lowest BCUT2D eigenvalue weighted by molar-refractivity contribution is -0.113. The molecule has 0 saturated carbocycles. The van der Waals surface area contributed by atoms with Crippen molar-refractivity contribution >= 4 is 50.9 Å². The van der Waals surface area contributed by atoms with Crippen molar-refractivity contribution in [3.63, 3.8) is 0 Å². The van der Waals surface area contributed by atoms with Crippen LogP contribution in [-0.4, -0.2) is 33.5 Å². The first-order valence-corrected chi connectivity index (χ1v) is 10.6. The molecule has 0 aliphatic carbocycles. The predicted octanol–water partition coefficient (Wildman–Crippen LogP) is 4.55. The normalized spacial score (nSPS) is 10.6. The van der Waals surface area contributed by atoms with Crippen LogP contribution in [0.2, 0.25) is 5.02 Å². The summed E-state index contributed by atoms with van der Waals surface area (Å²) in [5, 5.41) is 12.2. The van der Waals surface area contributed by atoms with Gasteiger partial charge in [-0.2, -0.15) is 0 Å². The van der Waals surface area contributed by atoms with E-state index in [2.05, 4.69) is 31.4 Å². The summed E-state index contributed by atoms with van der Waals surface area (Å²) in [5.74, 6) is 2.16. The van der Waals surface area contributed by atoms with E-state index in [4.69, 9.17) is 21.1 Å². The number of hydrogen-bond donors (Lipinski definition) is 1. The monoisotopic (exact) mass is 496 g/mol. The fourth-order valence-corrected chi connectivity index (χ4v) is 3.47. The maximum absolute atomic E-state index is 12.2. The van der Waals surface area contributed by atoms with Gasteiger partial charge in [0.15, 0.2) is 11.0 Å². The molecule has 7 nitrogen and oxygen atoms in total. The van der Waals surface area contributed by atoms with E-state index >= 15 is 0 Å². The Labute approximate surface area is 185 Å². The molecule has 10 heteroatoms. The fraction of sp³-hybridized carbons (Fsp3) is 0.211. The summed E-state index contributed by atoms with van der Waals surface area (Å²) in [6, 6.07) is 12.5. The molecule has 2 aromatic carbocycles. The Morgan fingerprint density at radius 3 is 2.62 bits per heavy atom. The summed E-state index contributed by atoms with van der Waals surface area (Å²) in [6.45, 7) is 0.264. The quantitative estimate of drug-likeness (QED) is 0.460. The summed E-state index contributed by atoms with van der Waals surface area (Å²) < 4.78 is 13.4. The van der Waals surface area contributed by atoms with Crippen LogP contribution in [-0.2, 0) is 18.4 Å². The maximum Gasteiger partial charge on any atom is 0.234 e. The molecule has 29 heavy (non-hydrogen) atoms. The molecule has 0 aliphatic rings. The number of benzene rings is 2. The fourth-order valence-electron chi connectivity index (χ4n) is 2.32. The molecule has 0 aliphatic heterocycles. The number of aromatic nitrogens is 3. The molecule has 3 rings (SSSR count). The third-order valence-corrected chi connectivity index (χ3v) is 6.14. The standard InChI is InChI=1S/C19H18BrClN4O3S/c1-25-17(10-28-14-6-4-13(27-2)5-7-14)23-24-19(25)29-11-18(26)22-12-3-8-15(20)16(21)9-12/h3-9H,10-11H2,1-2H3,(H,22,26). The van der Waals surface area contributed by atoms with Gasteiger partial charge in [-0.05, 0) is 58.4 Å². The maximum atomic E-state index is 12.2. The lowest BCUT2D eigenvalue weighted by Gasteiger charge is -2.08. The topological polar surface area (TPSA) is 78.3 Å². The van der Waals surface area contributed by atoms with Gasteiger partial charge in [-0.25, -0.2) is 0 Å². The van der Waals surface area contributed by atoms with Crippen LogP contribution in [0.5, 0.6) is 11.5 Å². The van der Waals surface area contributed by atoms with Crippen LogP contribution in [0.25, 0.3) is 0 Å². The highest BCUT2D eigenvalue weighted by Gasteiger charge is 2.12. The second-order valence-corrected chi connectivity index (χ2v) is 8.09. The Morgan fingerprint density at radius 1 is 1.21 bits per heavy atom. The number of nitrogens with zero attached hydrogens (tertiary/aromatic N) is 3. The predicted molar refractivity (Wildman–Crippen MR) is 117 cm³/mol. The van der Waals surface area contributed by atoms with Gasteiger partial charge in [0, 0.05) is 17.2 Å². The molecule has 1 aromatic heterocycles. The van der Waals surface area contributed by atoms with Crippen molar-refractivity contribution < 1.29 is 14.3 Å². The molecule has 3 aromatic rings. The number of rotatable bonds is 8. The Hall–Kier alpha value is -2.23. The van der Waals surface area contributed by atoms with E-state index < -0.39 is 0 Å². The van der Waals surface area contributed by atoms with Gasteiger partial charge in [-0.15, -0.1) is 10.2 Å². The average Bonchev–Trinajstić information content (AvgIpc) is 3.07. The molecular weight excluding hydrogens is 480 g/mol. The molecule has 0 saturated heterocycles. The SMILES string of the molecule is COc1ccc(OCc2nnc(SCC(=O)Nc3ccc(Br)c(Cl)c3)n2C)cc1. The molecule has 1 heterocycles. The van der Waals surface area contributed by atoms with Gasteiger partial charge in [0.1, 0.15) is 18.1 Å². The van der Waals surface area contributed by atoms with Crippen LogP contribution in [0.1, 0.15) is 5.82 Å². The van der Waals surface area contributed by atoms with Crippen molar-refractivity contribution in [2.75, 3.05) is 18.2 Å². The number of amides is 1. The van der Waals surface area contributed by atoms with E-state index in [-0.39, 0.29) is 18.3 Å². The van der Waals surface area contributed by atoms with Gasteiger partial charge in [0.05, 0.1) is 17.9 Å². The molecule has 0 fully saturated rings. The van der Waals surface area contributed by atoms with Crippen LogP contribution in [0.3, 0.4) is 0 Å². The zero-order valence-corrected chi connectivity index (χ0v) is 18.8. The van der Waals surface area contributed by atoms with Crippen LogP contribution in [0.15, 0.2) is 52.1 Å². The largest absolute Gasteiger partial charge is 0.497 e. The van der Waals surface area contributed by atoms with Crippen molar-refractivity contribution in [1.82, 2.24) is 14.8 Å². The number of hydrogen-bond acceptors (Lipinski definition) is 6. The second kappa shape index (κ2) is 10.00. The smallest absolute Gasteiger partial charge is 0.234 e. The number of nitrogens with one attached hydrogen (secondary N) is 1. The zero-order valence-electron chi connectivity index (χ0n) is 15.7. The van der Waals surface area contributed by atoms with Gasteiger partial charge in [0.25, 0.3) is 0 Å². The van der Waals surface area contributed by atoms with Crippen LogP contribution < -0.4 is 14.8 Å². The van der Waals surface area contributed by atoms with E-state index in [0.29, 0.717) is 27.4 Å². The summed E-state index contributed by atoms with van der Waals surface area (Å²) >= 11 is 10.7. The van der Waals surface area contributed by atoms with Crippen molar-refractivity contribution in [2.24, 2.45) is 7.05 Å². The van der Waals surface area contributed by atoms with E-state index in [1.54, 1.807) is 29.9 Å². The number of ether oxygens (including phenoxy) is 2. The second-order valence-electron chi connectivity index (χ2n) is 5.89. The van der Waals surface area contributed by atoms with E-state index in [9.17, 15) is 4.79 Å². The zero-order chi connectivity index (χ0) is 20.8. The number of methoxy groups -OCH3 is 1. The lowest BCUT2D eigenvalue weighted by atomic mass is 10.3. The number of anilines is 1. The summed E-state index contributed by atoms with van der Waals surface area (Å²) in [5.41, 5.74) is 0.635. The van der Waals surface area contributed by atoms with Crippen molar-refractivity contribution in [1.29, 1.82) is 0 Å². The number of halogens is 2. The molecule has 0 atom stereocenters. The molecule has 1 N–H and O–H groups in total. The Kier molecular flexibility index (Phi) is 7.40. The van der Waals surface area contributed by atoms with Gasteiger partial charge < -0.3 is 19.4 Å². The molecule has 152 valence electrons. The summed E-state index contributed by atoms with van der Waals surface area (Å²) in [4.78, 5) is 12.2. The van der Waals surface area contributed by atoms with Gasteiger partial charge in [0.2, 0.25) is 5.91 Å². The Bertz CT molecular complexity index is 998. The third-order valence-electron chi connectivity index (χ3n) is 3.89. The van der Waals surface area contributed by atoms with Crippen molar-refractivity contribution in [3.05, 3.63) is 57.8 Å². The first-order valence-electron chi connectivity index (χ1n) is 8.49. The number of carbonyl (C=O) groups excluding carboxylic acids is 1. The van der Waals surface area contributed by atoms with Crippen molar-refractivity contribution in [3.8, 4) is 11.5 Å². The highest BCUT2D eigenvalue weighted by atomic mass is 79.9. The van der Waals surface area contributed by atoms with Gasteiger partial charge in [-0.1, -0.05) is 23.4 Å². The van der Waals surface area contributed by atoms with Crippen LogP contribution in [0.4, 0.5) is 5.69 Å². The van der Waals surface area contributed by atoms with Crippen molar-refractivity contribution in [2.45, 2.75) is 11.8 Å². The van der Waals surface area contributed by atoms with Gasteiger partial charge in [-0.3, -0.25) is 4.79 Å². The Balaban J connectivity index is 1.52. The van der Waals surface area contributed by atoms with E-state index in [0.717, 1.165) is 10.2 Å². The minimum absolute atomic E-state index is 0.160. The van der Waals surface area contributed by atoms with Gasteiger partial charge >= 0.3 is 0 Å². The third kappa shape index (κ3) is 5.88. The van der Waals surface area contributed by atoms with E-state index in [1.165, 1.54) is 11.8 Å². The number of carbonyl (C=O) groups is 1. The average molecular weight is 498 g/mol. The molecule has 0 radical (unpaired) electrons. The lowest BCUT2D eigenvalue weighted by Crippen LogP contribution is -2.14. The molecular formula is C19H18BrClN4O3S. The Morgan fingerprint density at radius 2 is 1.93 bits per heavy atom. The highest BCUT2D eigenvalue weighted by molar-refractivity contribution is 9.10. The molecule has 0 spiro atoms. The molecule has 1 amide bonds. The first kappa shape index (κ1) is 21.5. The minimum atomic E-state index is -0.160.